The van der Waals surface area contributed by atoms with Gasteiger partial charge in [-0.05, 0) is 37.8 Å². The third kappa shape index (κ3) is 2.77. The molecule has 4 heterocycles. The van der Waals surface area contributed by atoms with E-state index in [0.717, 1.165) is 43.0 Å². The van der Waals surface area contributed by atoms with E-state index in [2.05, 4.69) is 44.9 Å². The monoisotopic (exact) mass is 325 g/mol. The number of ether oxygens (including phenoxy) is 1. The van der Waals surface area contributed by atoms with Gasteiger partial charge in [0.1, 0.15) is 5.82 Å². The van der Waals surface area contributed by atoms with Gasteiger partial charge in [-0.3, -0.25) is 0 Å². The van der Waals surface area contributed by atoms with Crippen molar-refractivity contribution in [2.24, 2.45) is 5.92 Å². The summed E-state index contributed by atoms with van der Waals surface area (Å²) in [6, 6.07) is 6.75. The van der Waals surface area contributed by atoms with Crippen molar-refractivity contribution in [3.05, 3.63) is 36.3 Å². The maximum Gasteiger partial charge on any atom is 0.225 e. The van der Waals surface area contributed by atoms with E-state index in [1.165, 1.54) is 12.8 Å². The first-order valence-electron chi connectivity index (χ1n) is 8.56. The van der Waals surface area contributed by atoms with Crippen LogP contribution in [-0.2, 0) is 0 Å². The van der Waals surface area contributed by atoms with Crippen LogP contribution in [0, 0.1) is 12.8 Å². The molecule has 126 valence electrons. The molecule has 0 N–H and O–H groups in total. The molecule has 6 heteroatoms. The fraction of sp³-hybridized carbons (Fsp3) is 0.500. The van der Waals surface area contributed by atoms with Crippen LogP contribution in [0.1, 0.15) is 18.5 Å². The molecule has 0 bridgehead atoms. The maximum absolute atomic E-state index is 5.15. The Balaban J connectivity index is 1.54. The highest BCUT2D eigenvalue weighted by molar-refractivity contribution is 5.45. The quantitative estimate of drug-likeness (QED) is 0.863. The average molecular weight is 325 g/mol. The first-order valence-corrected chi connectivity index (χ1v) is 8.56. The Labute approximate surface area is 142 Å². The second-order valence-electron chi connectivity index (χ2n) is 6.60. The molecule has 24 heavy (non-hydrogen) atoms. The fourth-order valence-electron chi connectivity index (χ4n) is 3.87. The van der Waals surface area contributed by atoms with Gasteiger partial charge in [-0.25, -0.2) is 15.0 Å². The number of piperidine rings is 1. The van der Waals surface area contributed by atoms with E-state index in [9.17, 15) is 0 Å². The summed E-state index contributed by atoms with van der Waals surface area (Å²) in [6.45, 7) is 5.10. The summed E-state index contributed by atoms with van der Waals surface area (Å²) >= 11 is 0. The van der Waals surface area contributed by atoms with Gasteiger partial charge < -0.3 is 14.5 Å². The van der Waals surface area contributed by atoms with Crippen LogP contribution in [0.15, 0.2) is 30.6 Å². The number of rotatable bonds is 3. The van der Waals surface area contributed by atoms with Crippen molar-refractivity contribution in [1.29, 1.82) is 0 Å². The lowest BCUT2D eigenvalue weighted by Gasteiger charge is -2.38. The number of pyridine rings is 1. The molecule has 6 nitrogen and oxygen atoms in total. The zero-order valence-corrected chi connectivity index (χ0v) is 14.2. The van der Waals surface area contributed by atoms with E-state index in [4.69, 9.17) is 9.72 Å². The van der Waals surface area contributed by atoms with E-state index in [1.807, 2.05) is 0 Å². The topological polar surface area (TPSA) is 54.4 Å². The minimum Gasteiger partial charge on any atom is -0.494 e. The number of methoxy groups -OCH3 is 1. The van der Waals surface area contributed by atoms with Crippen LogP contribution in [-0.4, -0.2) is 47.7 Å². The third-order valence-electron chi connectivity index (χ3n) is 5.16. The van der Waals surface area contributed by atoms with Crippen molar-refractivity contribution in [1.82, 2.24) is 15.0 Å². The SMILES string of the molecule is COc1cnc(N2CCC3CCN(c4cccc(C)n4)C3C2)nc1. The Bertz CT molecular complexity index is 705. The molecule has 2 aliphatic rings. The van der Waals surface area contributed by atoms with Crippen LogP contribution in [0.4, 0.5) is 11.8 Å². The predicted molar refractivity (Wildman–Crippen MR) is 93.6 cm³/mol. The Morgan fingerprint density at radius 1 is 1.12 bits per heavy atom. The minimum atomic E-state index is 0.485. The largest absolute Gasteiger partial charge is 0.494 e. The summed E-state index contributed by atoms with van der Waals surface area (Å²) in [6.07, 6.45) is 5.91. The van der Waals surface area contributed by atoms with Crippen molar-refractivity contribution >= 4 is 11.8 Å². The van der Waals surface area contributed by atoms with E-state index in [-0.39, 0.29) is 0 Å². The lowest BCUT2D eigenvalue weighted by Crippen LogP contribution is -2.49. The van der Waals surface area contributed by atoms with Crippen molar-refractivity contribution in [3.8, 4) is 5.75 Å². The van der Waals surface area contributed by atoms with Crippen LogP contribution in [0.3, 0.4) is 0 Å². The van der Waals surface area contributed by atoms with Gasteiger partial charge >= 0.3 is 0 Å². The van der Waals surface area contributed by atoms with Crippen LogP contribution in [0.5, 0.6) is 5.75 Å². The van der Waals surface area contributed by atoms with Gasteiger partial charge in [-0.15, -0.1) is 0 Å². The Kier molecular flexibility index (Phi) is 3.96. The van der Waals surface area contributed by atoms with Crippen molar-refractivity contribution in [2.75, 3.05) is 36.5 Å². The lowest BCUT2D eigenvalue weighted by atomic mass is 9.92. The van der Waals surface area contributed by atoms with E-state index in [1.54, 1.807) is 19.5 Å². The Morgan fingerprint density at radius 2 is 1.92 bits per heavy atom. The number of anilines is 2. The number of fused-ring (bicyclic) bond motifs is 1. The lowest BCUT2D eigenvalue weighted by molar-refractivity contribution is 0.385. The molecule has 0 spiro atoms. The molecular weight excluding hydrogens is 302 g/mol. The van der Waals surface area contributed by atoms with Gasteiger partial charge in [-0.2, -0.15) is 0 Å². The summed E-state index contributed by atoms with van der Waals surface area (Å²) in [5.41, 5.74) is 1.07. The van der Waals surface area contributed by atoms with Gasteiger partial charge in [0.05, 0.1) is 25.5 Å². The highest BCUT2D eigenvalue weighted by atomic mass is 16.5. The van der Waals surface area contributed by atoms with Crippen LogP contribution in [0.2, 0.25) is 0 Å². The zero-order valence-electron chi connectivity index (χ0n) is 14.2. The minimum absolute atomic E-state index is 0.485. The van der Waals surface area contributed by atoms with E-state index >= 15 is 0 Å². The fourth-order valence-corrected chi connectivity index (χ4v) is 3.87. The first kappa shape index (κ1) is 15.2. The molecular formula is C18H23N5O. The van der Waals surface area contributed by atoms with Crippen molar-refractivity contribution in [3.63, 3.8) is 0 Å². The summed E-state index contributed by atoms with van der Waals surface area (Å²) < 4.78 is 5.15. The summed E-state index contributed by atoms with van der Waals surface area (Å²) in [7, 11) is 1.63. The number of hydrogen-bond donors (Lipinski definition) is 0. The second-order valence-corrected chi connectivity index (χ2v) is 6.60. The van der Waals surface area contributed by atoms with Gasteiger partial charge in [0.15, 0.2) is 5.75 Å². The molecule has 2 atom stereocenters. The normalized spacial score (nSPS) is 23.2. The summed E-state index contributed by atoms with van der Waals surface area (Å²) in [4.78, 5) is 18.4. The molecule has 2 aliphatic heterocycles. The second kappa shape index (κ2) is 6.26. The number of hydrogen-bond acceptors (Lipinski definition) is 6. The number of nitrogens with zero attached hydrogens (tertiary/aromatic N) is 5. The summed E-state index contributed by atoms with van der Waals surface area (Å²) in [5, 5.41) is 0. The zero-order chi connectivity index (χ0) is 16.5. The first-order chi connectivity index (χ1) is 11.7. The molecule has 2 saturated heterocycles. The molecule has 2 aromatic rings. The van der Waals surface area contributed by atoms with Crippen LogP contribution < -0.4 is 14.5 Å². The van der Waals surface area contributed by atoms with E-state index in [0.29, 0.717) is 11.8 Å². The molecule has 2 unspecified atom stereocenters. The highest BCUT2D eigenvalue weighted by Gasteiger charge is 2.39. The summed E-state index contributed by atoms with van der Waals surface area (Å²) in [5.74, 6) is 3.32. The third-order valence-corrected chi connectivity index (χ3v) is 5.16. The smallest absolute Gasteiger partial charge is 0.225 e. The molecule has 0 radical (unpaired) electrons. The maximum atomic E-state index is 5.15. The van der Waals surface area contributed by atoms with Crippen LogP contribution in [0.25, 0.3) is 0 Å². The van der Waals surface area contributed by atoms with Crippen LogP contribution >= 0.6 is 0 Å². The average Bonchev–Trinajstić information content (AvgIpc) is 3.05. The predicted octanol–water partition coefficient (Wildman–Crippen LogP) is 2.29. The highest BCUT2D eigenvalue weighted by Crippen LogP contribution is 2.35. The van der Waals surface area contributed by atoms with Gasteiger partial charge in [0, 0.05) is 25.3 Å². The molecule has 0 aromatic carbocycles. The van der Waals surface area contributed by atoms with Crippen molar-refractivity contribution in [2.45, 2.75) is 25.8 Å². The van der Waals surface area contributed by atoms with Crippen molar-refractivity contribution < 1.29 is 4.74 Å². The molecule has 0 amide bonds. The Morgan fingerprint density at radius 3 is 2.67 bits per heavy atom. The van der Waals surface area contributed by atoms with Gasteiger partial charge in [-0.1, -0.05) is 6.07 Å². The van der Waals surface area contributed by atoms with Gasteiger partial charge in [0.2, 0.25) is 5.95 Å². The van der Waals surface area contributed by atoms with Gasteiger partial charge in [0.25, 0.3) is 0 Å². The Hall–Kier alpha value is -2.37. The molecule has 2 fully saturated rings. The molecule has 0 saturated carbocycles. The molecule has 4 rings (SSSR count). The number of aryl methyl sites for hydroxylation is 1. The molecule has 0 aliphatic carbocycles. The van der Waals surface area contributed by atoms with E-state index < -0.39 is 0 Å². The molecule has 2 aromatic heterocycles. The number of aromatic nitrogens is 3. The standard InChI is InChI=1S/C18H23N5O/c1-13-4-3-5-17(21-13)23-9-7-14-6-8-22(12-16(14)23)18-19-10-15(24-2)11-20-18/h3-5,10-11,14,16H,6-9,12H2,1-2H3.